The van der Waals surface area contributed by atoms with Gasteiger partial charge in [-0.3, -0.25) is 0 Å². The Hall–Kier alpha value is -1.59. The van der Waals surface area contributed by atoms with Crippen molar-refractivity contribution in [1.82, 2.24) is 0 Å². The summed E-state index contributed by atoms with van der Waals surface area (Å²) in [6.45, 7) is 4.09. The number of aliphatic hydroxyl groups is 1. The largest absolute Gasteiger partial charge is 0.396 e. The standard InChI is InChI=1S/C12H13NO/c1-10(4-3-7-14)12-6-2-5-11(8-12)9-13/h2,5-6,8,14H,1,3-4,7H2. The molecule has 0 spiro atoms. The van der Waals surface area contributed by atoms with Crippen LogP contribution in [0.2, 0.25) is 0 Å². The van der Waals surface area contributed by atoms with Crippen molar-refractivity contribution in [3.63, 3.8) is 0 Å². The molecule has 0 saturated carbocycles. The van der Waals surface area contributed by atoms with E-state index in [1.165, 1.54) is 0 Å². The van der Waals surface area contributed by atoms with Gasteiger partial charge in [0, 0.05) is 6.61 Å². The highest BCUT2D eigenvalue weighted by Crippen LogP contribution is 2.18. The maximum absolute atomic E-state index is 8.70. The number of benzene rings is 1. The lowest BCUT2D eigenvalue weighted by Gasteiger charge is -2.04. The Morgan fingerprint density at radius 2 is 2.29 bits per heavy atom. The van der Waals surface area contributed by atoms with E-state index in [4.69, 9.17) is 10.4 Å². The average Bonchev–Trinajstić information content (AvgIpc) is 2.26. The maximum atomic E-state index is 8.70. The van der Waals surface area contributed by atoms with Crippen LogP contribution in [0.3, 0.4) is 0 Å². The Morgan fingerprint density at radius 1 is 1.50 bits per heavy atom. The van der Waals surface area contributed by atoms with Crippen molar-refractivity contribution in [3.8, 4) is 6.07 Å². The summed E-state index contributed by atoms with van der Waals surface area (Å²) in [6.07, 6.45) is 1.49. The number of allylic oxidation sites excluding steroid dienone is 1. The van der Waals surface area contributed by atoms with Crippen molar-refractivity contribution in [2.75, 3.05) is 6.61 Å². The van der Waals surface area contributed by atoms with E-state index >= 15 is 0 Å². The second kappa shape index (κ2) is 5.21. The zero-order chi connectivity index (χ0) is 10.4. The third kappa shape index (κ3) is 2.72. The highest BCUT2D eigenvalue weighted by Gasteiger charge is 1.99. The number of nitrogens with zero attached hydrogens (tertiary/aromatic N) is 1. The van der Waals surface area contributed by atoms with Gasteiger partial charge in [-0.2, -0.15) is 5.26 Å². The van der Waals surface area contributed by atoms with Crippen molar-refractivity contribution in [2.45, 2.75) is 12.8 Å². The van der Waals surface area contributed by atoms with Crippen LogP contribution in [-0.2, 0) is 0 Å². The second-order valence-electron chi connectivity index (χ2n) is 3.12. The lowest BCUT2D eigenvalue weighted by atomic mass is 10.0. The molecule has 0 aliphatic heterocycles. The van der Waals surface area contributed by atoms with Crippen LogP contribution in [0.25, 0.3) is 5.57 Å². The fraction of sp³-hybridized carbons (Fsp3) is 0.250. The predicted molar refractivity (Wildman–Crippen MR) is 56.5 cm³/mol. The Bertz CT molecular complexity index is 363. The van der Waals surface area contributed by atoms with Gasteiger partial charge >= 0.3 is 0 Å². The van der Waals surface area contributed by atoms with Crippen LogP contribution >= 0.6 is 0 Å². The fourth-order valence-electron chi connectivity index (χ4n) is 1.25. The van der Waals surface area contributed by atoms with Gasteiger partial charge in [0.05, 0.1) is 11.6 Å². The van der Waals surface area contributed by atoms with Crippen LogP contribution in [0.5, 0.6) is 0 Å². The number of rotatable bonds is 4. The summed E-state index contributed by atoms with van der Waals surface area (Å²) in [6, 6.07) is 9.45. The van der Waals surface area contributed by atoms with Crippen LogP contribution < -0.4 is 0 Å². The molecule has 14 heavy (non-hydrogen) atoms. The molecule has 0 radical (unpaired) electrons. The highest BCUT2D eigenvalue weighted by molar-refractivity contribution is 5.64. The van der Waals surface area contributed by atoms with Crippen LogP contribution in [0.1, 0.15) is 24.0 Å². The molecular formula is C12H13NO. The molecular weight excluding hydrogens is 174 g/mol. The summed E-state index contributed by atoms with van der Waals surface area (Å²) < 4.78 is 0. The summed E-state index contributed by atoms with van der Waals surface area (Å²) in [5, 5.41) is 17.4. The molecule has 1 aromatic carbocycles. The highest BCUT2D eigenvalue weighted by atomic mass is 16.2. The molecule has 2 nitrogen and oxygen atoms in total. The first kappa shape index (κ1) is 10.5. The maximum Gasteiger partial charge on any atom is 0.0991 e. The number of aliphatic hydroxyl groups excluding tert-OH is 1. The SMILES string of the molecule is C=C(CCCO)c1cccc(C#N)c1. The molecule has 1 aromatic rings. The van der Waals surface area contributed by atoms with E-state index in [2.05, 4.69) is 12.6 Å². The van der Waals surface area contributed by atoms with Crippen LogP contribution in [0, 0.1) is 11.3 Å². The molecule has 72 valence electrons. The quantitative estimate of drug-likeness (QED) is 0.786. The van der Waals surface area contributed by atoms with E-state index in [0.29, 0.717) is 5.56 Å². The molecule has 0 atom stereocenters. The minimum atomic E-state index is 0.178. The molecule has 0 bridgehead atoms. The van der Waals surface area contributed by atoms with Gasteiger partial charge < -0.3 is 5.11 Å². The first-order valence-electron chi connectivity index (χ1n) is 4.57. The Morgan fingerprint density at radius 3 is 2.93 bits per heavy atom. The van der Waals surface area contributed by atoms with Crippen LogP contribution in [0.15, 0.2) is 30.8 Å². The number of hydrogen-bond donors (Lipinski definition) is 1. The second-order valence-corrected chi connectivity index (χ2v) is 3.12. The van der Waals surface area contributed by atoms with E-state index in [0.717, 1.165) is 24.0 Å². The molecule has 0 amide bonds. The van der Waals surface area contributed by atoms with Gasteiger partial charge in [0.1, 0.15) is 0 Å². The third-order valence-electron chi connectivity index (χ3n) is 2.04. The van der Waals surface area contributed by atoms with Gasteiger partial charge in [-0.15, -0.1) is 0 Å². The van der Waals surface area contributed by atoms with Gasteiger partial charge in [-0.05, 0) is 36.1 Å². The van der Waals surface area contributed by atoms with Gasteiger partial charge in [0.15, 0.2) is 0 Å². The Kier molecular flexibility index (Phi) is 3.90. The van der Waals surface area contributed by atoms with Crippen molar-refractivity contribution >= 4 is 5.57 Å². The molecule has 1 N–H and O–H groups in total. The van der Waals surface area contributed by atoms with Crippen molar-refractivity contribution < 1.29 is 5.11 Å². The van der Waals surface area contributed by atoms with E-state index in [1.54, 1.807) is 6.07 Å². The molecule has 0 unspecified atom stereocenters. The molecule has 0 fully saturated rings. The van der Waals surface area contributed by atoms with E-state index in [-0.39, 0.29) is 6.61 Å². The molecule has 0 saturated heterocycles. The molecule has 2 heteroatoms. The first-order chi connectivity index (χ1) is 6.77. The Balaban J connectivity index is 2.75. The third-order valence-corrected chi connectivity index (χ3v) is 2.04. The normalized spacial score (nSPS) is 9.43. The minimum Gasteiger partial charge on any atom is -0.396 e. The van der Waals surface area contributed by atoms with Gasteiger partial charge in [0.2, 0.25) is 0 Å². The fourth-order valence-corrected chi connectivity index (χ4v) is 1.25. The van der Waals surface area contributed by atoms with Gasteiger partial charge in [0.25, 0.3) is 0 Å². The number of nitriles is 1. The summed E-state index contributed by atoms with van der Waals surface area (Å²) in [7, 11) is 0. The zero-order valence-corrected chi connectivity index (χ0v) is 8.03. The number of hydrogen-bond acceptors (Lipinski definition) is 2. The van der Waals surface area contributed by atoms with Crippen LogP contribution in [0.4, 0.5) is 0 Å². The lowest BCUT2D eigenvalue weighted by molar-refractivity contribution is 0.290. The molecule has 0 heterocycles. The van der Waals surface area contributed by atoms with Crippen LogP contribution in [-0.4, -0.2) is 11.7 Å². The van der Waals surface area contributed by atoms with E-state index in [9.17, 15) is 0 Å². The topological polar surface area (TPSA) is 44.0 Å². The van der Waals surface area contributed by atoms with Gasteiger partial charge in [-0.25, -0.2) is 0 Å². The first-order valence-corrected chi connectivity index (χ1v) is 4.57. The monoisotopic (exact) mass is 187 g/mol. The van der Waals surface area contributed by atoms with Crippen molar-refractivity contribution in [1.29, 1.82) is 5.26 Å². The van der Waals surface area contributed by atoms with E-state index in [1.807, 2.05) is 18.2 Å². The molecule has 0 aliphatic carbocycles. The van der Waals surface area contributed by atoms with Crippen molar-refractivity contribution in [3.05, 3.63) is 42.0 Å². The predicted octanol–water partition coefficient (Wildman–Crippen LogP) is 2.34. The molecule has 0 aromatic heterocycles. The molecule has 0 aliphatic rings. The Labute approximate surface area is 84.1 Å². The summed E-state index contributed by atoms with van der Waals surface area (Å²) >= 11 is 0. The minimum absolute atomic E-state index is 0.178. The zero-order valence-electron chi connectivity index (χ0n) is 8.03. The summed E-state index contributed by atoms with van der Waals surface area (Å²) in [5.74, 6) is 0. The smallest absolute Gasteiger partial charge is 0.0991 e. The van der Waals surface area contributed by atoms with E-state index < -0.39 is 0 Å². The molecule has 1 rings (SSSR count). The average molecular weight is 187 g/mol. The van der Waals surface area contributed by atoms with Gasteiger partial charge in [-0.1, -0.05) is 18.7 Å². The lowest BCUT2D eigenvalue weighted by Crippen LogP contribution is -1.87. The van der Waals surface area contributed by atoms with Crippen molar-refractivity contribution in [2.24, 2.45) is 0 Å². The summed E-state index contributed by atoms with van der Waals surface area (Å²) in [5.41, 5.74) is 2.60. The summed E-state index contributed by atoms with van der Waals surface area (Å²) in [4.78, 5) is 0.